The Labute approximate surface area is 188 Å². The number of hydrogen-bond donors (Lipinski definition) is 2. The summed E-state index contributed by atoms with van der Waals surface area (Å²) < 4.78 is 12.2. The molecule has 1 aromatic carbocycles. The summed E-state index contributed by atoms with van der Waals surface area (Å²) in [6.45, 7) is 4.37. The number of nitrogens with one attached hydrogen (secondary N) is 2. The second-order valence-corrected chi connectivity index (χ2v) is 6.39. The Morgan fingerprint density at radius 2 is 2.04 bits per heavy atom. The van der Waals surface area contributed by atoms with Crippen LogP contribution in [0.25, 0.3) is 0 Å². The second-order valence-electron chi connectivity index (χ2n) is 5.98. The van der Waals surface area contributed by atoms with Crippen molar-refractivity contribution >= 4 is 41.5 Å². The summed E-state index contributed by atoms with van der Waals surface area (Å²) in [5.41, 5.74) is 0.994. The van der Waals surface area contributed by atoms with Crippen LogP contribution >= 0.6 is 35.6 Å². The van der Waals surface area contributed by atoms with E-state index in [-0.39, 0.29) is 24.0 Å². The smallest absolute Gasteiger partial charge is 0.191 e. The van der Waals surface area contributed by atoms with Crippen LogP contribution in [0.2, 0.25) is 5.02 Å². The lowest BCUT2D eigenvalue weighted by atomic mass is 10.2. The van der Waals surface area contributed by atoms with Gasteiger partial charge in [-0.1, -0.05) is 17.7 Å². The van der Waals surface area contributed by atoms with Crippen molar-refractivity contribution in [3.05, 3.63) is 40.4 Å². The Balaban J connectivity index is 0.00000392. The number of methoxy groups -OCH3 is 2. The van der Waals surface area contributed by atoms with Crippen molar-refractivity contribution in [2.45, 2.75) is 26.4 Å². The second kappa shape index (κ2) is 12.8. The lowest BCUT2D eigenvalue weighted by Crippen LogP contribution is -2.38. The lowest BCUT2D eigenvalue weighted by molar-refractivity contribution is 0.195. The molecule has 156 valence electrons. The standard InChI is InChI=1S/C18H27ClN6O2.HI/c1-13-23-24-17(25(13)2)12-22-18(20-8-5-9-26-3)21-11-14-6-7-16(27-4)15(19)10-14;/h6-7,10H,5,8-9,11-12H2,1-4H3,(H2,20,21,22);1H. The molecule has 0 radical (unpaired) electrons. The molecule has 2 rings (SSSR count). The number of aryl methyl sites for hydroxylation is 1. The van der Waals surface area contributed by atoms with Gasteiger partial charge in [0.2, 0.25) is 0 Å². The summed E-state index contributed by atoms with van der Waals surface area (Å²) >= 11 is 6.19. The van der Waals surface area contributed by atoms with Crippen molar-refractivity contribution < 1.29 is 9.47 Å². The fourth-order valence-corrected chi connectivity index (χ4v) is 2.62. The summed E-state index contributed by atoms with van der Waals surface area (Å²) in [5.74, 6) is 3.05. The van der Waals surface area contributed by atoms with E-state index in [9.17, 15) is 0 Å². The molecule has 0 atom stereocenters. The summed E-state index contributed by atoms with van der Waals surface area (Å²) in [7, 11) is 5.23. The van der Waals surface area contributed by atoms with Gasteiger partial charge in [0.15, 0.2) is 11.8 Å². The summed E-state index contributed by atoms with van der Waals surface area (Å²) in [6.07, 6.45) is 0.884. The largest absolute Gasteiger partial charge is 0.495 e. The first-order valence-corrected chi connectivity index (χ1v) is 9.11. The van der Waals surface area contributed by atoms with E-state index in [4.69, 9.17) is 21.1 Å². The molecule has 0 bridgehead atoms. The molecule has 0 amide bonds. The van der Waals surface area contributed by atoms with E-state index in [0.29, 0.717) is 36.4 Å². The number of guanidine groups is 1. The molecule has 0 spiro atoms. The van der Waals surface area contributed by atoms with E-state index < -0.39 is 0 Å². The molecule has 1 heterocycles. The Morgan fingerprint density at radius 1 is 1.25 bits per heavy atom. The van der Waals surface area contributed by atoms with Gasteiger partial charge in [-0.25, -0.2) is 4.99 Å². The molecular formula is C18H28ClIN6O2. The Morgan fingerprint density at radius 3 is 2.64 bits per heavy atom. The molecule has 0 unspecified atom stereocenters. The van der Waals surface area contributed by atoms with E-state index in [1.807, 2.05) is 36.7 Å². The zero-order valence-electron chi connectivity index (χ0n) is 16.7. The maximum absolute atomic E-state index is 6.19. The molecule has 10 heteroatoms. The zero-order valence-corrected chi connectivity index (χ0v) is 19.7. The van der Waals surface area contributed by atoms with E-state index in [2.05, 4.69) is 25.8 Å². The fraction of sp³-hybridized carbons (Fsp3) is 0.500. The van der Waals surface area contributed by atoms with Crippen molar-refractivity contribution in [1.82, 2.24) is 25.4 Å². The van der Waals surface area contributed by atoms with Crippen LogP contribution in [0.1, 0.15) is 23.6 Å². The molecule has 28 heavy (non-hydrogen) atoms. The average Bonchev–Trinajstić information content (AvgIpc) is 2.98. The van der Waals surface area contributed by atoms with Crippen LogP contribution in [0.4, 0.5) is 0 Å². The van der Waals surface area contributed by atoms with Crippen LogP contribution in [0.3, 0.4) is 0 Å². The van der Waals surface area contributed by atoms with Gasteiger partial charge in [-0.05, 0) is 31.0 Å². The van der Waals surface area contributed by atoms with Gasteiger partial charge in [0.25, 0.3) is 0 Å². The van der Waals surface area contributed by atoms with Gasteiger partial charge in [-0.15, -0.1) is 34.2 Å². The molecular weight excluding hydrogens is 495 g/mol. The Hall–Kier alpha value is -1.59. The normalized spacial score (nSPS) is 11.1. The summed E-state index contributed by atoms with van der Waals surface area (Å²) in [5, 5.41) is 15.4. The van der Waals surface area contributed by atoms with Gasteiger partial charge in [0, 0.05) is 27.3 Å². The van der Waals surface area contributed by atoms with E-state index in [1.165, 1.54) is 0 Å². The van der Waals surface area contributed by atoms with Crippen molar-refractivity contribution in [3.8, 4) is 5.75 Å². The highest BCUT2D eigenvalue weighted by Crippen LogP contribution is 2.25. The number of aromatic nitrogens is 3. The molecule has 0 saturated carbocycles. The average molecular weight is 523 g/mol. The van der Waals surface area contributed by atoms with E-state index >= 15 is 0 Å². The third-order valence-electron chi connectivity index (χ3n) is 4.05. The quantitative estimate of drug-likeness (QED) is 0.228. The number of halogens is 2. The van der Waals surface area contributed by atoms with Gasteiger partial charge < -0.3 is 24.7 Å². The highest BCUT2D eigenvalue weighted by Gasteiger charge is 2.07. The fourth-order valence-electron chi connectivity index (χ4n) is 2.34. The molecule has 0 aliphatic heterocycles. The lowest BCUT2D eigenvalue weighted by Gasteiger charge is -2.13. The first-order chi connectivity index (χ1) is 13.0. The Kier molecular flexibility index (Phi) is 11.2. The first kappa shape index (κ1) is 24.4. The van der Waals surface area contributed by atoms with Crippen LogP contribution in [0, 0.1) is 6.92 Å². The number of hydrogen-bond acceptors (Lipinski definition) is 5. The summed E-state index contributed by atoms with van der Waals surface area (Å²) in [4.78, 5) is 4.64. The Bertz CT molecular complexity index is 769. The SMILES string of the molecule is COCCCNC(=NCc1ccc(OC)c(Cl)c1)NCc1nnc(C)n1C.I. The van der Waals surface area contributed by atoms with Crippen LogP contribution < -0.4 is 15.4 Å². The molecule has 1 aromatic heterocycles. The van der Waals surface area contributed by atoms with Crippen molar-refractivity contribution in [1.29, 1.82) is 0 Å². The predicted molar refractivity (Wildman–Crippen MR) is 122 cm³/mol. The van der Waals surface area contributed by atoms with E-state index in [1.54, 1.807) is 14.2 Å². The predicted octanol–water partition coefficient (Wildman–Crippen LogP) is 2.68. The maximum atomic E-state index is 6.19. The first-order valence-electron chi connectivity index (χ1n) is 8.73. The third kappa shape index (κ3) is 7.44. The minimum Gasteiger partial charge on any atom is -0.495 e. The summed E-state index contributed by atoms with van der Waals surface area (Å²) in [6, 6.07) is 5.65. The van der Waals surface area contributed by atoms with Crippen LogP contribution in [0.15, 0.2) is 23.2 Å². The van der Waals surface area contributed by atoms with Gasteiger partial charge >= 0.3 is 0 Å². The van der Waals surface area contributed by atoms with Gasteiger partial charge in [-0.2, -0.15) is 0 Å². The minimum absolute atomic E-state index is 0. The van der Waals surface area contributed by atoms with Crippen molar-refractivity contribution in [2.24, 2.45) is 12.0 Å². The van der Waals surface area contributed by atoms with Crippen LogP contribution in [0.5, 0.6) is 5.75 Å². The van der Waals surface area contributed by atoms with Crippen LogP contribution in [-0.4, -0.2) is 48.1 Å². The van der Waals surface area contributed by atoms with Gasteiger partial charge in [0.05, 0.1) is 25.2 Å². The van der Waals surface area contributed by atoms with E-state index in [0.717, 1.165) is 30.2 Å². The highest BCUT2D eigenvalue weighted by molar-refractivity contribution is 14.0. The molecule has 2 N–H and O–H groups in total. The van der Waals surface area contributed by atoms with Crippen molar-refractivity contribution in [3.63, 3.8) is 0 Å². The minimum atomic E-state index is 0. The third-order valence-corrected chi connectivity index (χ3v) is 4.35. The van der Waals surface area contributed by atoms with Crippen molar-refractivity contribution in [2.75, 3.05) is 27.4 Å². The topological polar surface area (TPSA) is 85.6 Å². The maximum Gasteiger partial charge on any atom is 0.191 e. The highest BCUT2D eigenvalue weighted by atomic mass is 127. The molecule has 0 aliphatic rings. The number of nitrogens with zero attached hydrogens (tertiary/aromatic N) is 4. The molecule has 0 fully saturated rings. The van der Waals surface area contributed by atoms with Gasteiger partial charge in [0.1, 0.15) is 11.6 Å². The molecule has 2 aromatic rings. The van der Waals surface area contributed by atoms with Crippen LogP contribution in [-0.2, 0) is 24.9 Å². The van der Waals surface area contributed by atoms with Gasteiger partial charge in [-0.3, -0.25) is 0 Å². The number of benzene rings is 1. The molecule has 0 saturated heterocycles. The molecule has 8 nitrogen and oxygen atoms in total. The molecule has 0 aliphatic carbocycles. The number of ether oxygens (including phenoxy) is 2. The zero-order chi connectivity index (χ0) is 19.6. The monoisotopic (exact) mass is 522 g/mol. The number of rotatable bonds is 9. The number of aliphatic imine (C=N–C) groups is 1.